The Kier molecular flexibility index (Phi) is 1.55. The van der Waals surface area contributed by atoms with E-state index in [4.69, 9.17) is 5.73 Å². The fourth-order valence-corrected chi connectivity index (χ4v) is 1.30. The number of aromatic nitrogens is 3. The molecule has 4 nitrogen and oxygen atoms in total. The van der Waals surface area contributed by atoms with E-state index in [-0.39, 0.29) is 0 Å². The van der Waals surface area contributed by atoms with Crippen molar-refractivity contribution in [1.29, 1.82) is 0 Å². The van der Waals surface area contributed by atoms with E-state index >= 15 is 0 Å². The average Bonchev–Trinajstić information content (AvgIpc) is 2.48. The smallest absolute Gasteiger partial charge is 0.0713 e. The molecule has 2 aromatic rings. The van der Waals surface area contributed by atoms with Crippen LogP contribution in [0, 0.1) is 0 Å². The Morgan fingerprint density at radius 1 is 1.58 bits per heavy atom. The minimum atomic E-state index is 0.461. The molecule has 0 aliphatic heterocycles. The van der Waals surface area contributed by atoms with Crippen LogP contribution in [-0.4, -0.2) is 14.8 Å². The molecule has 4 heteroatoms. The molecule has 0 amide bonds. The first-order valence-electron chi connectivity index (χ1n) is 3.78. The molecule has 0 saturated heterocycles. The Labute approximate surface area is 70.0 Å². The van der Waals surface area contributed by atoms with E-state index in [1.165, 1.54) is 0 Å². The molecular formula is C8H10N4. The van der Waals surface area contributed by atoms with Crippen LogP contribution < -0.4 is 5.73 Å². The highest BCUT2D eigenvalue weighted by atomic mass is 15.2. The number of nitrogens with two attached hydrogens (primary N) is 1. The summed E-state index contributed by atoms with van der Waals surface area (Å²) in [7, 11) is 1.91. The van der Waals surface area contributed by atoms with Crippen LogP contribution in [0.3, 0.4) is 0 Å². The van der Waals surface area contributed by atoms with Crippen molar-refractivity contribution in [2.75, 3.05) is 0 Å². The van der Waals surface area contributed by atoms with Crippen LogP contribution in [0.1, 0.15) is 5.69 Å². The summed E-state index contributed by atoms with van der Waals surface area (Å²) >= 11 is 0. The zero-order chi connectivity index (χ0) is 8.55. The molecule has 0 atom stereocenters. The number of pyridine rings is 1. The van der Waals surface area contributed by atoms with Gasteiger partial charge in [0.25, 0.3) is 0 Å². The van der Waals surface area contributed by atoms with Crippen LogP contribution in [0.2, 0.25) is 0 Å². The Hall–Kier alpha value is -1.42. The molecule has 2 rings (SSSR count). The van der Waals surface area contributed by atoms with Gasteiger partial charge in [0.2, 0.25) is 0 Å². The van der Waals surface area contributed by atoms with Gasteiger partial charge >= 0.3 is 0 Å². The van der Waals surface area contributed by atoms with E-state index in [0.717, 1.165) is 16.6 Å². The van der Waals surface area contributed by atoms with E-state index in [1.807, 2.05) is 17.8 Å². The molecule has 0 fully saturated rings. The first-order chi connectivity index (χ1) is 5.83. The maximum Gasteiger partial charge on any atom is 0.0713 e. The molecule has 62 valence electrons. The average molecular weight is 162 g/mol. The lowest BCUT2D eigenvalue weighted by Crippen LogP contribution is -1.99. The molecule has 0 unspecified atom stereocenters. The third-order valence-corrected chi connectivity index (χ3v) is 1.95. The third-order valence-electron chi connectivity index (χ3n) is 1.95. The van der Waals surface area contributed by atoms with Gasteiger partial charge in [-0.25, -0.2) is 0 Å². The summed E-state index contributed by atoms with van der Waals surface area (Å²) in [6.45, 7) is 0.461. The summed E-state index contributed by atoms with van der Waals surface area (Å²) in [6, 6.07) is 1.93. The fourth-order valence-electron chi connectivity index (χ4n) is 1.30. The first-order valence-corrected chi connectivity index (χ1v) is 3.78. The fraction of sp³-hybridized carbons (Fsp3) is 0.250. The summed E-state index contributed by atoms with van der Waals surface area (Å²) in [6.07, 6.45) is 3.55. The summed E-state index contributed by atoms with van der Waals surface area (Å²) in [5, 5.41) is 5.17. The second-order valence-corrected chi connectivity index (χ2v) is 2.66. The molecule has 0 aliphatic carbocycles. The van der Waals surface area contributed by atoms with E-state index in [1.54, 1.807) is 12.4 Å². The normalized spacial score (nSPS) is 10.8. The molecule has 0 bridgehead atoms. The van der Waals surface area contributed by atoms with Crippen LogP contribution in [-0.2, 0) is 13.6 Å². The number of hydrogen-bond acceptors (Lipinski definition) is 3. The van der Waals surface area contributed by atoms with Gasteiger partial charge in [0, 0.05) is 25.2 Å². The number of fused-ring (bicyclic) bond motifs is 1. The predicted octanol–water partition coefficient (Wildman–Crippen LogP) is 0.427. The molecule has 0 saturated carbocycles. The van der Waals surface area contributed by atoms with Gasteiger partial charge in [-0.2, -0.15) is 5.10 Å². The van der Waals surface area contributed by atoms with Gasteiger partial charge in [0.1, 0.15) is 0 Å². The third kappa shape index (κ3) is 0.887. The molecular weight excluding hydrogens is 152 g/mol. The molecule has 2 aromatic heterocycles. The van der Waals surface area contributed by atoms with Crippen molar-refractivity contribution in [1.82, 2.24) is 14.8 Å². The molecule has 2 N–H and O–H groups in total. The van der Waals surface area contributed by atoms with Crippen LogP contribution >= 0.6 is 0 Å². The number of hydrogen-bond donors (Lipinski definition) is 1. The van der Waals surface area contributed by atoms with Crippen LogP contribution in [0.15, 0.2) is 18.5 Å². The minimum Gasteiger partial charge on any atom is -0.325 e. The van der Waals surface area contributed by atoms with Crippen LogP contribution in [0.25, 0.3) is 10.9 Å². The van der Waals surface area contributed by atoms with Gasteiger partial charge in [-0.1, -0.05) is 0 Å². The zero-order valence-corrected chi connectivity index (χ0v) is 6.86. The van der Waals surface area contributed by atoms with Gasteiger partial charge in [-0.15, -0.1) is 0 Å². The molecule has 0 spiro atoms. The van der Waals surface area contributed by atoms with Crippen LogP contribution in [0.4, 0.5) is 0 Å². The SMILES string of the molecule is Cn1ncc2c(CN)nccc21. The lowest BCUT2D eigenvalue weighted by atomic mass is 10.2. The maximum atomic E-state index is 5.53. The van der Waals surface area contributed by atoms with Gasteiger partial charge in [0.15, 0.2) is 0 Å². The highest BCUT2D eigenvalue weighted by Gasteiger charge is 2.03. The Bertz CT molecular complexity index is 404. The first kappa shape index (κ1) is 7.24. The Balaban J connectivity index is 2.81. The van der Waals surface area contributed by atoms with Crippen molar-refractivity contribution in [3.05, 3.63) is 24.2 Å². The lowest BCUT2D eigenvalue weighted by Gasteiger charge is -1.97. The molecule has 0 aliphatic rings. The van der Waals surface area contributed by atoms with E-state index in [9.17, 15) is 0 Å². The van der Waals surface area contributed by atoms with Gasteiger partial charge in [-0.3, -0.25) is 9.67 Å². The number of rotatable bonds is 1. The summed E-state index contributed by atoms with van der Waals surface area (Å²) in [5.74, 6) is 0. The van der Waals surface area contributed by atoms with E-state index in [2.05, 4.69) is 10.1 Å². The second kappa shape index (κ2) is 2.57. The summed E-state index contributed by atoms with van der Waals surface area (Å²) in [5.41, 5.74) is 7.50. The highest BCUT2D eigenvalue weighted by Crippen LogP contribution is 2.14. The molecule has 2 heterocycles. The van der Waals surface area contributed by atoms with Crippen molar-refractivity contribution in [3.63, 3.8) is 0 Å². The van der Waals surface area contributed by atoms with Crippen molar-refractivity contribution in [2.45, 2.75) is 6.54 Å². The lowest BCUT2D eigenvalue weighted by molar-refractivity contribution is 0.796. The predicted molar refractivity (Wildman–Crippen MR) is 46.4 cm³/mol. The van der Waals surface area contributed by atoms with E-state index < -0.39 is 0 Å². The van der Waals surface area contributed by atoms with Crippen molar-refractivity contribution >= 4 is 10.9 Å². The highest BCUT2D eigenvalue weighted by molar-refractivity contribution is 5.80. The maximum absolute atomic E-state index is 5.53. The van der Waals surface area contributed by atoms with E-state index in [0.29, 0.717) is 6.54 Å². The van der Waals surface area contributed by atoms with Crippen molar-refractivity contribution in [3.8, 4) is 0 Å². The van der Waals surface area contributed by atoms with Gasteiger partial charge in [-0.05, 0) is 6.07 Å². The minimum absolute atomic E-state index is 0.461. The Morgan fingerprint density at radius 2 is 2.42 bits per heavy atom. The Morgan fingerprint density at radius 3 is 3.17 bits per heavy atom. The largest absolute Gasteiger partial charge is 0.325 e. The quantitative estimate of drug-likeness (QED) is 0.661. The monoisotopic (exact) mass is 162 g/mol. The second-order valence-electron chi connectivity index (χ2n) is 2.66. The number of nitrogens with zero attached hydrogens (tertiary/aromatic N) is 3. The summed E-state index contributed by atoms with van der Waals surface area (Å²) < 4.78 is 1.82. The summed E-state index contributed by atoms with van der Waals surface area (Å²) in [4.78, 5) is 4.16. The standard InChI is InChI=1S/C8H10N4/c1-12-8-2-3-10-7(4-9)6(8)5-11-12/h2-3,5H,4,9H2,1H3. The molecule has 0 radical (unpaired) electrons. The van der Waals surface area contributed by atoms with Crippen LogP contribution in [0.5, 0.6) is 0 Å². The molecule has 0 aromatic carbocycles. The van der Waals surface area contributed by atoms with Gasteiger partial charge < -0.3 is 5.73 Å². The van der Waals surface area contributed by atoms with Crippen molar-refractivity contribution in [2.24, 2.45) is 12.8 Å². The zero-order valence-electron chi connectivity index (χ0n) is 6.86. The van der Waals surface area contributed by atoms with Gasteiger partial charge in [0.05, 0.1) is 17.4 Å². The topological polar surface area (TPSA) is 56.7 Å². The van der Waals surface area contributed by atoms with Crippen molar-refractivity contribution < 1.29 is 0 Å². The molecule has 12 heavy (non-hydrogen) atoms. The number of aryl methyl sites for hydroxylation is 1.